The molecule has 2 N–H and O–H groups in total. The summed E-state index contributed by atoms with van der Waals surface area (Å²) in [6.07, 6.45) is 4.57. The summed E-state index contributed by atoms with van der Waals surface area (Å²) in [7, 11) is 2.15. The lowest BCUT2D eigenvalue weighted by Crippen LogP contribution is -2.45. The average Bonchev–Trinajstić information content (AvgIpc) is 3.32. The second-order valence-corrected chi connectivity index (χ2v) is 8.80. The Labute approximate surface area is 214 Å². The molecule has 3 aromatic heterocycles. The van der Waals surface area contributed by atoms with E-state index >= 15 is 0 Å². The summed E-state index contributed by atoms with van der Waals surface area (Å²) in [5.74, 6) is 1.40. The number of anilines is 1. The van der Waals surface area contributed by atoms with Crippen LogP contribution < -0.4 is 10.1 Å². The number of aromatic amines is 1. The van der Waals surface area contributed by atoms with Crippen molar-refractivity contribution in [3.8, 4) is 28.4 Å². The van der Waals surface area contributed by atoms with Crippen LogP contribution >= 0.6 is 0 Å². The molecule has 0 aliphatic carbocycles. The molecule has 0 atom stereocenters. The van der Waals surface area contributed by atoms with Crippen LogP contribution in [0.5, 0.6) is 5.88 Å². The Morgan fingerprint density at radius 3 is 2.62 bits per heavy atom. The second-order valence-electron chi connectivity index (χ2n) is 8.80. The van der Waals surface area contributed by atoms with Gasteiger partial charge >= 0.3 is 6.09 Å². The van der Waals surface area contributed by atoms with Crippen molar-refractivity contribution in [1.29, 1.82) is 0 Å². The number of likely N-dealkylation sites (N-methyl/N-ethyl adjacent to an activating group) is 1. The molecule has 0 unspecified atom stereocenters. The number of carbonyl (C=O) groups is 1. The fourth-order valence-electron chi connectivity index (χ4n) is 4.20. The van der Waals surface area contributed by atoms with E-state index in [9.17, 15) is 4.79 Å². The van der Waals surface area contributed by atoms with E-state index in [0.717, 1.165) is 54.9 Å². The molecule has 11 nitrogen and oxygen atoms in total. The van der Waals surface area contributed by atoms with Gasteiger partial charge in [0.05, 0.1) is 12.1 Å². The second kappa shape index (κ2) is 11.3. The van der Waals surface area contributed by atoms with Crippen LogP contribution in [0.2, 0.25) is 0 Å². The van der Waals surface area contributed by atoms with Crippen molar-refractivity contribution < 1.29 is 14.3 Å². The predicted octanol–water partition coefficient (Wildman–Crippen LogP) is 3.28. The number of carbonyl (C=O) groups excluding carboxylic acids is 1. The van der Waals surface area contributed by atoms with E-state index in [2.05, 4.69) is 47.1 Å². The van der Waals surface area contributed by atoms with Gasteiger partial charge in [0, 0.05) is 68.5 Å². The smallest absolute Gasteiger partial charge is 0.413 e. The van der Waals surface area contributed by atoms with Gasteiger partial charge < -0.3 is 19.4 Å². The molecule has 0 bridgehead atoms. The zero-order valence-electron chi connectivity index (χ0n) is 21.0. The van der Waals surface area contributed by atoms with Gasteiger partial charge in [0.2, 0.25) is 11.8 Å². The number of hydrogen-bond acceptors (Lipinski definition) is 9. The molecule has 0 saturated carbocycles. The number of rotatable bonds is 8. The Bertz CT molecular complexity index is 1340. The number of ether oxygens (including phenoxy) is 2. The summed E-state index contributed by atoms with van der Waals surface area (Å²) in [5, 5.41) is 2.62. The molecule has 1 fully saturated rings. The number of nitrogens with zero attached hydrogens (tertiary/aromatic N) is 6. The van der Waals surface area contributed by atoms with Gasteiger partial charge in [-0.1, -0.05) is 0 Å². The van der Waals surface area contributed by atoms with E-state index in [4.69, 9.17) is 9.47 Å². The van der Waals surface area contributed by atoms with Gasteiger partial charge in [-0.05, 0) is 43.8 Å². The van der Waals surface area contributed by atoms with Crippen LogP contribution in [-0.2, 0) is 4.74 Å². The molecule has 0 radical (unpaired) electrons. The molecule has 37 heavy (non-hydrogen) atoms. The first-order valence-electron chi connectivity index (χ1n) is 12.3. The molecule has 1 aromatic carbocycles. The highest BCUT2D eigenvalue weighted by Gasteiger charge is 2.16. The van der Waals surface area contributed by atoms with E-state index in [0.29, 0.717) is 23.8 Å². The minimum Gasteiger partial charge on any atom is -0.476 e. The predicted molar refractivity (Wildman–Crippen MR) is 140 cm³/mol. The molecule has 1 aliphatic heterocycles. The van der Waals surface area contributed by atoms with Crippen LogP contribution in [0.3, 0.4) is 0 Å². The number of hydrogen-bond donors (Lipinski definition) is 2. The van der Waals surface area contributed by atoms with Crippen LogP contribution in [0.15, 0.2) is 48.9 Å². The largest absolute Gasteiger partial charge is 0.476 e. The number of H-pyrrole nitrogens is 1. The number of nitrogens with one attached hydrogen (secondary N) is 2. The van der Waals surface area contributed by atoms with E-state index in [1.807, 2.05) is 24.3 Å². The van der Waals surface area contributed by atoms with Gasteiger partial charge in [-0.25, -0.2) is 24.7 Å². The van der Waals surface area contributed by atoms with E-state index in [1.165, 1.54) is 0 Å². The lowest BCUT2D eigenvalue weighted by Gasteiger charge is -2.32. The van der Waals surface area contributed by atoms with Crippen LogP contribution in [0.4, 0.5) is 10.7 Å². The zero-order chi connectivity index (χ0) is 25.6. The molecule has 0 spiro atoms. The maximum atomic E-state index is 11.9. The Balaban J connectivity index is 1.36. The molecule has 4 aromatic rings. The molecular weight excluding hydrogens is 472 g/mol. The molecule has 4 heterocycles. The Morgan fingerprint density at radius 2 is 1.89 bits per heavy atom. The minimum atomic E-state index is -0.577. The van der Waals surface area contributed by atoms with E-state index in [-0.39, 0.29) is 12.6 Å². The average molecular weight is 503 g/mol. The lowest BCUT2D eigenvalue weighted by molar-refractivity contribution is 0.132. The van der Waals surface area contributed by atoms with E-state index < -0.39 is 6.09 Å². The molecule has 1 amide bonds. The molecular formula is C26H30N8O3. The number of benzene rings is 1. The van der Waals surface area contributed by atoms with Crippen molar-refractivity contribution in [2.75, 3.05) is 58.3 Å². The Hall–Kier alpha value is -4.09. The highest BCUT2D eigenvalue weighted by atomic mass is 16.5. The van der Waals surface area contributed by atoms with Crippen LogP contribution in [-0.4, -0.2) is 93.8 Å². The summed E-state index contributed by atoms with van der Waals surface area (Å²) < 4.78 is 10.9. The van der Waals surface area contributed by atoms with Gasteiger partial charge in [-0.3, -0.25) is 10.2 Å². The Morgan fingerprint density at radius 1 is 1.08 bits per heavy atom. The highest BCUT2D eigenvalue weighted by molar-refractivity contribution is 5.96. The summed E-state index contributed by atoms with van der Waals surface area (Å²) in [6, 6.07) is 9.54. The van der Waals surface area contributed by atoms with Gasteiger partial charge in [-0.15, -0.1) is 0 Å². The van der Waals surface area contributed by atoms with Crippen LogP contribution in [0.25, 0.3) is 33.5 Å². The normalized spacial score (nSPS) is 14.5. The molecule has 1 aliphatic rings. The third kappa shape index (κ3) is 6.01. The number of imidazole rings is 1. The van der Waals surface area contributed by atoms with Crippen LogP contribution in [0.1, 0.15) is 6.92 Å². The number of fused-ring (bicyclic) bond motifs is 1. The van der Waals surface area contributed by atoms with Crippen molar-refractivity contribution in [3.63, 3.8) is 0 Å². The first kappa shape index (κ1) is 24.6. The first-order valence-corrected chi connectivity index (χ1v) is 12.3. The maximum Gasteiger partial charge on any atom is 0.413 e. The lowest BCUT2D eigenvalue weighted by atomic mass is 10.0. The Kier molecular flexibility index (Phi) is 7.52. The summed E-state index contributed by atoms with van der Waals surface area (Å²) in [6.45, 7) is 7.79. The zero-order valence-corrected chi connectivity index (χ0v) is 21.0. The van der Waals surface area contributed by atoms with Crippen molar-refractivity contribution in [1.82, 2.24) is 34.7 Å². The highest BCUT2D eigenvalue weighted by Crippen LogP contribution is 2.32. The third-order valence-corrected chi connectivity index (χ3v) is 6.21. The van der Waals surface area contributed by atoms with E-state index in [1.54, 1.807) is 31.6 Å². The molecule has 5 rings (SSSR count). The maximum absolute atomic E-state index is 11.9. The minimum absolute atomic E-state index is 0.266. The summed E-state index contributed by atoms with van der Waals surface area (Å²) in [4.78, 5) is 37.7. The van der Waals surface area contributed by atoms with Gasteiger partial charge in [0.25, 0.3) is 0 Å². The van der Waals surface area contributed by atoms with Gasteiger partial charge in [0.1, 0.15) is 12.1 Å². The summed E-state index contributed by atoms with van der Waals surface area (Å²) in [5.41, 5.74) is 3.89. The SMILES string of the molecule is CCOC(=O)Nc1nc2c(-c3ncccn3)cc(-c3ccc(OCCN4CCN(C)CC4)nc3)cc2[nH]1. The van der Waals surface area contributed by atoms with Gasteiger partial charge in [-0.2, -0.15) is 0 Å². The fraction of sp³-hybridized carbons (Fsp3) is 0.346. The first-order chi connectivity index (χ1) is 18.1. The monoisotopic (exact) mass is 502 g/mol. The van der Waals surface area contributed by atoms with Crippen LogP contribution in [0, 0.1) is 0 Å². The number of aromatic nitrogens is 5. The van der Waals surface area contributed by atoms with Gasteiger partial charge in [0.15, 0.2) is 5.82 Å². The molecule has 192 valence electrons. The number of pyridine rings is 1. The number of piperazine rings is 1. The van der Waals surface area contributed by atoms with Crippen molar-refractivity contribution >= 4 is 23.1 Å². The molecule has 1 saturated heterocycles. The summed E-state index contributed by atoms with van der Waals surface area (Å²) >= 11 is 0. The topological polar surface area (TPSA) is 121 Å². The number of amides is 1. The van der Waals surface area contributed by atoms with Crippen molar-refractivity contribution in [2.24, 2.45) is 0 Å². The quantitative estimate of drug-likeness (QED) is 0.374. The van der Waals surface area contributed by atoms with Crippen molar-refractivity contribution in [2.45, 2.75) is 6.92 Å². The third-order valence-electron chi connectivity index (χ3n) is 6.21. The molecule has 11 heteroatoms. The fourth-order valence-corrected chi connectivity index (χ4v) is 4.20. The van der Waals surface area contributed by atoms with Crippen molar-refractivity contribution in [3.05, 3.63) is 48.9 Å². The standard InChI is InChI=1S/C26H30N8O3/c1-3-36-26(35)32-25-30-21-16-19(15-20(23(21)31-25)24-27-7-4-8-28-24)18-5-6-22(29-17-18)37-14-13-34-11-9-33(2)10-12-34/h4-8,15-17H,3,9-14H2,1-2H3,(H2,30,31,32,35).